The highest BCUT2D eigenvalue weighted by molar-refractivity contribution is 6.11. The van der Waals surface area contributed by atoms with E-state index in [1.807, 2.05) is 103 Å². The number of phenols is 2. The van der Waals surface area contributed by atoms with Crippen LogP contribution in [-0.2, 0) is 6.42 Å². The second-order valence-electron chi connectivity index (χ2n) is 9.57. The Morgan fingerprint density at radius 3 is 2.17 bits per heavy atom. The number of aryl methyl sites for hydroxylation is 1. The van der Waals surface area contributed by atoms with E-state index in [1.54, 1.807) is 6.08 Å². The minimum atomic E-state index is -0.571. The summed E-state index contributed by atoms with van der Waals surface area (Å²) in [5.41, 5.74) is 2.98. The highest BCUT2D eigenvalue weighted by Crippen LogP contribution is 2.45. The molecule has 204 valence electrons. The van der Waals surface area contributed by atoms with Gasteiger partial charge in [-0.05, 0) is 42.0 Å². The molecule has 5 nitrogen and oxygen atoms in total. The van der Waals surface area contributed by atoms with Crippen LogP contribution < -0.4 is 4.74 Å². The SMILES string of the molecule is COc1cc(O)c([C@@H](/C=C/C[C@@H](O)CCc2ccccc2)c2ccccc2)c(O)c1C(=O)/C=C/c1ccccc1. The maximum atomic E-state index is 13.3. The third-order valence-corrected chi connectivity index (χ3v) is 6.79. The van der Waals surface area contributed by atoms with E-state index in [9.17, 15) is 20.1 Å². The molecule has 40 heavy (non-hydrogen) atoms. The normalized spacial score (nSPS) is 12.9. The molecule has 0 bridgehead atoms. The number of ether oxygens (including phenoxy) is 1. The molecule has 0 aliphatic carbocycles. The Labute approximate surface area is 235 Å². The molecule has 0 saturated heterocycles. The summed E-state index contributed by atoms with van der Waals surface area (Å²) >= 11 is 0. The summed E-state index contributed by atoms with van der Waals surface area (Å²) in [7, 11) is 1.39. The lowest BCUT2D eigenvalue weighted by molar-refractivity contribution is 0.104. The van der Waals surface area contributed by atoms with Gasteiger partial charge < -0.3 is 20.1 Å². The van der Waals surface area contributed by atoms with Crippen molar-refractivity contribution in [2.45, 2.75) is 31.3 Å². The molecule has 0 heterocycles. The van der Waals surface area contributed by atoms with Gasteiger partial charge >= 0.3 is 0 Å². The molecule has 4 aromatic rings. The van der Waals surface area contributed by atoms with Gasteiger partial charge in [-0.25, -0.2) is 0 Å². The van der Waals surface area contributed by atoms with Crippen molar-refractivity contribution in [1.82, 2.24) is 0 Å². The highest BCUT2D eigenvalue weighted by Gasteiger charge is 2.27. The fraction of sp³-hybridized carbons (Fsp3) is 0.171. The number of phenolic OH excluding ortho intramolecular Hbond substituents is 2. The summed E-state index contributed by atoms with van der Waals surface area (Å²) in [6.45, 7) is 0. The fourth-order valence-corrected chi connectivity index (χ4v) is 4.67. The molecule has 2 atom stereocenters. The van der Waals surface area contributed by atoms with Gasteiger partial charge in [0.2, 0.25) is 0 Å². The van der Waals surface area contributed by atoms with Crippen LogP contribution in [0.5, 0.6) is 17.2 Å². The third kappa shape index (κ3) is 7.28. The first-order valence-corrected chi connectivity index (χ1v) is 13.3. The summed E-state index contributed by atoms with van der Waals surface area (Å²) in [4.78, 5) is 13.3. The predicted molar refractivity (Wildman–Crippen MR) is 159 cm³/mol. The third-order valence-electron chi connectivity index (χ3n) is 6.79. The Morgan fingerprint density at radius 1 is 0.900 bits per heavy atom. The van der Waals surface area contributed by atoms with Crippen LogP contribution in [0.4, 0.5) is 0 Å². The van der Waals surface area contributed by atoms with Crippen molar-refractivity contribution < 1.29 is 24.9 Å². The molecule has 0 aliphatic heterocycles. The minimum Gasteiger partial charge on any atom is -0.507 e. The zero-order valence-corrected chi connectivity index (χ0v) is 22.5. The molecule has 0 radical (unpaired) electrons. The fourth-order valence-electron chi connectivity index (χ4n) is 4.67. The lowest BCUT2D eigenvalue weighted by Crippen LogP contribution is -2.08. The van der Waals surface area contributed by atoms with E-state index in [4.69, 9.17) is 4.74 Å². The van der Waals surface area contributed by atoms with E-state index in [0.29, 0.717) is 12.8 Å². The quantitative estimate of drug-likeness (QED) is 0.103. The topological polar surface area (TPSA) is 87.0 Å². The van der Waals surface area contributed by atoms with Crippen molar-refractivity contribution in [3.8, 4) is 17.2 Å². The number of hydrogen-bond acceptors (Lipinski definition) is 5. The molecular formula is C35H34O5. The average molecular weight is 535 g/mol. The lowest BCUT2D eigenvalue weighted by atomic mass is 9.87. The van der Waals surface area contributed by atoms with Gasteiger partial charge in [0.05, 0.1) is 13.2 Å². The van der Waals surface area contributed by atoms with Crippen LogP contribution in [0.15, 0.2) is 115 Å². The second kappa shape index (κ2) is 14.0. The van der Waals surface area contributed by atoms with E-state index in [1.165, 1.54) is 24.8 Å². The standard InChI is InChI=1S/C35H34O5/c1-40-32-24-31(38)33(35(39)34(32)30(37)23-21-26-14-7-3-8-15-26)29(27-16-9-4-10-17-27)19-11-18-28(36)22-20-25-12-5-2-6-13-25/h2-17,19,21,23-24,28-29,36,38-39H,18,20,22H2,1H3/b19-11+,23-21+/t28-,29+/m1/s1. The predicted octanol–water partition coefficient (Wildman–Crippen LogP) is 7.07. The largest absolute Gasteiger partial charge is 0.507 e. The average Bonchev–Trinajstić information content (AvgIpc) is 2.99. The zero-order valence-electron chi connectivity index (χ0n) is 22.5. The van der Waals surface area contributed by atoms with Gasteiger partial charge in [-0.15, -0.1) is 0 Å². The van der Waals surface area contributed by atoms with Gasteiger partial charge in [0, 0.05) is 17.5 Å². The van der Waals surface area contributed by atoms with Gasteiger partial charge in [0.1, 0.15) is 22.8 Å². The molecule has 0 aromatic heterocycles. The van der Waals surface area contributed by atoms with Crippen molar-refractivity contribution in [2.24, 2.45) is 0 Å². The number of hydrogen-bond donors (Lipinski definition) is 3. The van der Waals surface area contributed by atoms with Crippen LogP contribution in [0.1, 0.15) is 51.4 Å². The minimum absolute atomic E-state index is 0.0280. The number of allylic oxidation sites excluding steroid dienone is 2. The molecule has 0 aliphatic rings. The van der Waals surface area contributed by atoms with E-state index in [-0.39, 0.29) is 28.4 Å². The molecule has 0 fully saturated rings. The number of methoxy groups -OCH3 is 1. The van der Waals surface area contributed by atoms with Crippen LogP contribution in [0, 0.1) is 0 Å². The van der Waals surface area contributed by atoms with Crippen molar-refractivity contribution in [1.29, 1.82) is 0 Å². The number of rotatable bonds is 12. The molecule has 4 aromatic carbocycles. The molecule has 0 spiro atoms. The van der Waals surface area contributed by atoms with Crippen molar-refractivity contribution >= 4 is 11.9 Å². The van der Waals surface area contributed by atoms with Crippen molar-refractivity contribution in [3.63, 3.8) is 0 Å². The second-order valence-corrected chi connectivity index (χ2v) is 9.57. The summed E-state index contributed by atoms with van der Waals surface area (Å²) in [5.74, 6) is -1.48. The Hall–Kier alpha value is -4.61. The van der Waals surface area contributed by atoms with Gasteiger partial charge in [0.25, 0.3) is 0 Å². The Balaban J connectivity index is 1.64. The number of carbonyl (C=O) groups is 1. The first kappa shape index (κ1) is 28.4. The van der Waals surface area contributed by atoms with E-state index in [0.717, 1.165) is 17.5 Å². The Bertz CT molecular complexity index is 1440. The molecule has 0 saturated carbocycles. The van der Waals surface area contributed by atoms with Crippen LogP contribution in [0.25, 0.3) is 6.08 Å². The maximum absolute atomic E-state index is 13.3. The lowest BCUT2D eigenvalue weighted by Gasteiger charge is -2.20. The van der Waals surface area contributed by atoms with Crippen LogP contribution in [-0.4, -0.2) is 34.3 Å². The van der Waals surface area contributed by atoms with Gasteiger partial charge in [0.15, 0.2) is 5.78 Å². The van der Waals surface area contributed by atoms with Gasteiger partial charge in [-0.1, -0.05) is 109 Å². The summed E-state index contributed by atoms with van der Waals surface area (Å²) in [5, 5.41) is 33.0. The number of aromatic hydroxyl groups is 2. The van der Waals surface area contributed by atoms with E-state index in [2.05, 4.69) is 0 Å². The molecule has 4 rings (SSSR count). The van der Waals surface area contributed by atoms with Crippen LogP contribution >= 0.6 is 0 Å². The van der Waals surface area contributed by atoms with Crippen LogP contribution in [0.2, 0.25) is 0 Å². The molecule has 0 unspecified atom stereocenters. The Morgan fingerprint density at radius 2 is 1.52 bits per heavy atom. The number of ketones is 1. The number of carbonyl (C=O) groups excluding carboxylic acids is 1. The summed E-state index contributed by atoms with van der Waals surface area (Å²) in [6.07, 6.45) is 7.97. The summed E-state index contributed by atoms with van der Waals surface area (Å²) < 4.78 is 5.37. The first-order valence-electron chi connectivity index (χ1n) is 13.3. The summed E-state index contributed by atoms with van der Waals surface area (Å²) in [6, 6.07) is 30.1. The van der Waals surface area contributed by atoms with Gasteiger partial charge in [-0.3, -0.25) is 4.79 Å². The van der Waals surface area contributed by atoms with E-state index < -0.39 is 17.8 Å². The maximum Gasteiger partial charge on any atom is 0.193 e. The van der Waals surface area contributed by atoms with E-state index >= 15 is 0 Å². The molecule has 0 amide bonds. The van der Waals surface area contributed by atoms with Crippen molar-refractivity contribution in [2.75, 3.05) is 7.11 Å². The zero-order chi connectivity index (χ0) is 28.3. The van der Waals surface area contributed by atoms with Crippen molar-refractivity contribution in [3.05, 3.63) is 143 Å². The smallest absolute Gasteiger partial charge is 0.193 e. The Kier molecular flexibility index (Phi) is 9.92. The highest BCUT2D eigenvalue weighted by atomic mass is 16.5. The first-order chi connectivity index (χ1) is 19.5. The molecule has 3 N–H and O–H groups in total. The van der Waals surface area contributed by atoms with Gasteiger partial charge in [-0.2, -0.15) is 0 Å². The number of aliphatic hydroxyl groups excluding tert-OH is 1. The molecule has 5 heteroatoms. The molecular weight excluding hydrogens is 500 g/mol. The number of aliphatic hydroxyl groups is 1. The monoisotopic (exact) mass is 534 g/mol. The number of benzene rings is 4. The van der Waals surface area contributed by atoms with Crippen LogP contribution in [0.3, 0.4) is 0 Å².